The van der Waals surface area contributed by atoms with Gasteiger partial charge < -0.3 is 14.5 Å². The highest BCUT2D eigenvalue weighted by Gasteiger charge is 2.25. The van der Waals surface area contributed by atoms with E-state index < -0.39 is 0 Å². The minimum Gasteiger partial charge on any atom is -0.497 e. The molecule has 4 rings (SSSR count). The fraction of sp³-hybridized carbons (Fsp3) is 0.364. The molecule has 0 saturated carbocycles. The van der Waals surface area contributed by atoms with E-state index in [2.05, 4.69) is 46.6 Å². The first-order valence-corrected chi connectivity index (χ1v) is 9.38. The van der Waals surface area contributed by atoms with Gasteiger partial charge in [-0.3, -0.25) is 4.90 Å². The van der Waals surface area contributed by atoms with Crippen LogP contribution < -0.4 is 10.1 Å². The largest absolute Gasteiger partial charge is 0.497 e. The lowest BCUT2D eigenvalue weighted by molar-refractivity contribution is 0.209. The van der Waals surface area contributed by atoms with Gasteiger partial charge in [-0.1, -0.05) is 18.2 Å². The van der Waals surface area contributed by atoms with Gasteiger partial charge >= 0.3 is 0 Å². The van der Waals surface area contributed by atoms with Crippen LogP contribution in [-0.2, 0) is 6.54 Å². The first-order valence-electron chi connectivity index (χ1n) is 9.38. The van der Waals surface area contributed by atoms with Gasteiger partial charge in [-0.05, 0) is 72.6 Å². The van der Waals surface area contributed by atoms with Crippen LogP contribution in [0.2, 0.25) is 0 Å². The highest BCUT2D eigenvalue weighted by Crippen LogP contribution is 2.25. The Morgan fingerprint density at radius 1 is 1.08 bits per heavy atom. The summed E-state index contributed by atoms with van der Waals surface area (Å²) in [6.45, 7) is 4.07. The van der Waals surface area contributed by atoms with Crippen molar-refractivity contribution in [3.63, 3.8) is 0 Å². The molecule has 4 nitrogen and oxygen atoms in total. The van der Waals surface area contributed by atoms with Crippen LogP contribution in [0.1, 0.15) is 30.2 Å². The molecule has 3 aromatic rings. The van der Waals surface area contributed by atoms with Crippen LogP contribution in [0.4, 0.5) is 0 Å². The third-order valence-corrected chi connectivity index (χ3v) is 5.23. The summed E-state index contributed by atoms with van der Waals surface area (Å²) in [5, 5.41) is 6.08. The predicted molar refractivity (Wildman–Crippen MR) is 104 cm³/mol. The molecule has 136 valence electrons. The van der Waals surface area contributed by atoms with Crippen molar-refractivity contribution >= 4 is 10.8 Å². The van der Waals surface area contributed by atoms with Gasteiger partial charge in [-0.15, -0.1) is 0 Å². The molecule has 4 heteroatoms. The lowest BCUT2D eigenvalue weighted by Crippen LogP contribution is -2.33. The first kappa shape index (κ1) is 17.1. The molecular weight excluding hydrogens is 324 g/mol. The molecule has 2 heterocycles. The maximum atomic E-state index is 5.70. The number of rotatable bonds is 7. The normalized spacial score (nSPS) is 16.2. The summed E-state index contributed by atoms with van der Waals surface area (Å²) in [5.74, 6) is 1.96. The second-order valence-corrected chi connectivity index (χ2v) is 6.95. The van der Waals surface area contributed by atoms with E-state index in [-0.39, 0.29) is 0 Å². The van der Waals surface area contributed by atoms with Crippen LogP contribution >= 0.6 is 0 Å². The molecule has 1 aliphatic heterocycles. The van der Waals surface area contributed by atoms with E-state index in [4.69, 9.17) is 9.15 Å². The van der Waals surface area contributed by atoms with Crippen molar-refractivity contribution in [1.29, 1.82) is 0 Å². The Kier molecular flexibility index (Phi) is 5.23. The number of methoxy groups -OCH3 is 1. The summed E-state index contributed by atoms with van der Waals surface area (Å²) < 4.78 is 11.0. The van der Waals surface area contributed by atoms with Crippen LogP contribution in [0.3, 0.4) is 0 Å². The summed E-state index contributed by atoms with van der Waals surface area (Å²) in [7, 11) is 1.70. The molecule has 0 amide bonds. The summed E-state index contributed by atoms with van der Waals surface area (Å²) >= 11 is 0. The number of ether oxygens (including phenoxy) is 1. The van der Waals surface area contributed by atoms with Crippen molar-refractivity contribution in [2.75, 3.05) is 26.7 Å². The van der Waals surface area contributed by atoms with Crippen LogP contribution in [-0.4, -0.2) is 31.6 Å². The molecule has 0 aliphatic carbocycles. The monoisotopic (exact) mass is 350 g/mol. The van der Waals surface area contributed by atoms with E-state index in [1.165, 1.54) is 29.2 Å². The molecule has 1 N–H and O–H groups in total. The van der Waals surface area contributed by atoms with Crippen LogP contribution in [0, 0.1) is 0 Å². The van der Waals surface area contributed by atoms with E-state index in [1.807, 2.05) is 12.1 Å². The van der Waals surface area contributed by atoms with Gasteiger partial charge in [-0.25, -0.2) is 0 Å². The Morgan fingerprint density at radius 2 is 1.88 bits per heavy atom. The smallest absolute Gasteiger partial charge is 0.122 e. The lowest BCUT2D eigenvalue weighted by Gasteiger charge is -2.26. The number of nitrogens with one attached hydrogen (secondary N) is 1. The fourth-order valence-electron chi connectivity index (χ4n) is 3.81. The number of hydrogen-bond donors (Lipinski definition) is 1. The summed E-state index contributed by atoms with van der Waals surface area (Å²) in [6.07, 6.45) is 4.34. The number of fused-ring (bicyclic) bond motifs is 1. The topological polar surface area (TPSA) is 37.6 Å². The number of furan rings is 1. The Hall–Kier alpha value is -2.30. The molecule has 2 aromatic carbocycles. The Balaban J connectivity index is 1.41. The molecule has 1 atom stereocenters. The molecule has 0 bridgehead atoms. The van der Waals surface area contributed by atoms with Crippen molar-refractivity contribution in [2.45, 2.75) is 25.4 Å². The predicted octanol–water partition coefficient (Wildman–Crippen LogP) is 4.37. The Bertz CT molecular complexity index is 838. The molecular formula is C22H26N2O2. The van der Waals surface area contributed by atoms with Gasteiger partial charge in [-0.2, -0.15) is 0 Å². The molecule has 0 spiro atoms. The van der Waals surface area contributed by atoms with Crippen molar-refractivity contribution in [2.24, 2.45) is 0 Å². The highest BCUT2D eigenvalue weighted by atomic mass is 16.5. The fourth-order valence-corrected chi connectivity index (χ4v) is 3.81. The number of likely N-dealkylation sites (tertiary alicyclic amines) is 1. The zero-order valence-corrected chi connectivity index (χ0v) is 15.3. The van der Waals surface area contributed by atoms with E-state index in [0.29, 0.717) is 6.04 Å². The zero-order valence-electron chi connectivity index (χ0n) is 15.3. The quantitative estimate of drug-likeness (QED) is 0.687. The van der Waals surface area contributed by atoms with E-state index >= 15 is 0 Å². The van der Waals surface area contributed by atoms with Crippen molar-refractivity contribution in [1.82, 2.24) is 10.2 Å². The number of nitrogens with zero attached hydrogens (tertiary/aromatic N) is 1. The second kappa shape index (κ2) is 7.94. The van der Waals surface area contributed by atoms with Gasteiger partial charge in [0.25, 0.3) is 0 Å². The van der Waals surface area contributed by atoms with E-state index in [0.717, 1.165) is 37.7 Å². The van der Waals surface area contributed by atoms with Gasteiger partial charge in [0.05, 0.1) is 19.4 Å². The molecule has 1 aliphatic rings. The average molecular weight is 350 g/mol. The van der Waals surface area contributed by atoms with Crippen LogP contribution in [0.15, 0.2) is 59.2 Å². The maximum absolute atomic E-state index is 5.70. The van der Waals surface area contributed by atoms with Gasteiger partial charge in [0.2, 0.25) is 0 Å². The van der Waals surface area contributed by atoms with Crippen molar-refractivity contribution in [3.05, 3.63) is 66.1 Å². The maximum Gasteiger partial charge on any atom is 0.122 e. The van der Waals surface area contributed by atoms with Crippen molar-refractivity contribution < 1.29 is 9.15 Å². The number of benzene rings is 2. The Labute approximate surface area is 154 Å². The molecule has 1 saturated heterocycles. The summed E-state index contributed by atoms with van der Waals surface area (Å²) in [4.78, 5) is 2.53. The van der Waals surface area contributed by atoms with Gasteiger partial charge in [0.1, 0.15) is 11.5 Å². The van der Waals surface area contributed by atoms with Gasteiger partial charge in [0, 0.05) is 13.1 Å². The minimum absolute atomic E-state index is 0.317. The average Bonchev–Trinajstić information content (AvgIpc) is 3.39. The van der Waals surface area contributed by atoms with E-state index in [1.54, 1.807) is 13.4 Å². The molecule has 0 radical (unpaired) electrons. The Morgan fingerprint density at radius 3 is 2.65 bits per heavy atom. The molecule has 1 aromatic heterocycles. The highest BCUT2D eigenvalue weighted by molar-refractivity contribution is 5.84. The SMILES string of the molecule is COc1ccc2cc(CNC[C@@H](c3ccco3)N3CCCC3)ccc2c1. The lowest BCUT2D eigenvalue weighted by atomic mass is 10.1. The summed E-state index contributed by atoms with van der Waals surface area (Å²) in [6, 6.07) is 17.2. The number of hydrogen-bond acceptors (Lipinski definition) is 4. The minimum atomic E-state index is 0.317. The van der Waals surface area contributed by atoms with Crippen molar-refractivity contribution in [3.8, 4) is 5.75 Å². The van der Waals surface area contributed by atoms with Crippen LogP contribution in [0.5, 0.6) is 5.75 Å². The van der Waals surface area contributed by atoms with Gasteiger partial charge in [0.15, 0.2) is 0 Å². The van der Waals surface area contributed by atoms with Crippen LogP contribution in [0.25, 0.3) is 10.8 Å². The van der Waals surface area contributed by atoms with E-state index in [9.17, 15) is 0 Å². The zero-order chi connectivity index (χ0) is 17.8. The first-order chi connectivity index (χ1) is 12.8. The standard InChI is InChI=1S/C22H26N2O2/c1-25-20-9-8-18-13-17(6-7-19(18)14-20)15-23-16-21(22-5-4-12-26-22)24-10-2-3-11-24/h4-9,12-14,21,23H,2-3,10-11,15-16H2,1H3/t21-/m0/s1. The second-order valence-electron chi connectivity index (χ2n) is 6.95. The third kappa shape index (κ3) is 3.76. The molecule has 1 fully saturated rings. The molecule has 0 unspecified atom stereocenters. The summed E-state index contributed by atoms with van der Waals surface area (Å²) in [5.41, 5.74) is 1.29. The third-order valence-electron chi connectivity index (χ3n) is 5.23. The molecule has 26 heavy (non-hydrogen) atoms.